The number of nitrogens with one attached hydrogen (secondary N) is 2. The fourth-order valence-corrected chi connectivity index (χ4v) is 1.32. The Bertz CT molecular complexity index is 430. The molecule has 0 aliphatic heterocycles. The van der Waals surface area contributed by atoms with E-state index >= 15 is 0 Å². The first-order valence-corrected chi connectivity index (χ1v) is 6.10. The van der Waals surface area contributed by atoms with Gasteiger partial charge in [-0.05, 0) is 19.1 Å². The van der Waals surface area contributed by atoms with Crippen molar-refractivity contribution >= 4 is 17.6 Å². The van der Waals surface area contributed by atoms with Gasteiger partial charge in [-0.1, -0.05) is 0 Å². The van der Waals surface area contributed by atoms with Crippen LogP contribution in [-0.4, -0.2) is 54.1 Å². The van der Waals surface area contributed by atoms with Gasteiger partial charge in [0.25, 0.3) is 5.91 Å². The highest BCUT2D eigenvalue weighted by atomic mass is 16.2. The summed E-state index contributed by atoms with van der Waals surface area (Å²) in [6.07, 6.45) is 0.382. The maximum absolute atomic E-state index is 11.5. The molecular weight excluding hydrogens is 246 g/mol. The van der Waals surface area contributed by atoms with Gasteiger partial charge in [-0.25, -0.2) is 0 Å². The van der Waals surface area contributed by atoms with E-state index in [9.17, 15) is 9.59 Å². The molecule has 0 saturated heterocycles. The average Bonchev–Trinajstić information content (AvgIpc) is 2.39. The van der Waals surface area contributed by atoms with Crippen LogP contribution < -0.4 is 10.6 Å². The number of rotatable bonds is 6. The van der Waals surface area contributed by atoms with E-state index in [0.29, 0.717) is 25.3 Å². The van der Waals surface area contributed by atoms with Gasteiger partial charge < -0.3 is 15.5 Å². The van der Waals surface area contributed by atoms with Crippen molar-refractivity contribution in [1.82, 2.24) is 20.4 Å². The lowest BCUT2D eigenvalue weighted by atomic mass is 10.3. The molecule has 7 nitrogen and oxygen atoms in total. The quantitative estimate of drug-likeness (QED) is 0.762. The van der Waals surface area contributed by atoms with E-state index in [-0.39, 0.29) is 17.5 Å². The summed E-state index contributed by atoms with van der Waals surface area (Å²) >= 11 is 0. The molecule has 2 N–H and O–H groups in total. The van der Waals surface area contributed by atoms with Crippen LogP contribution in [0.3, 0.4) is 0 Å². The zero-order valence-electron chi connectivity index (χ0n) is 11.4. The third-order valence-electron chi connectivity index (χ3n) is 2.38. The van der Waals surface area contributed by atoms with Crippen LogP contribution in [0, 0.1) is 0 Å². The lowest BCUT2D eigenvalue weighted by Crippen LogP contribution is -2.25. The van der Waals surface area contributed by atoms with Crippen LogP contribution >= 0.6 is 0 Å². The number of hydrogen-bond donors (Lipinski definition) is 2. The van der Waals surface area contributed by atoms with Crippen molar-refractivity contribution in [3.63, 3.8) is 0 Å². The van der Waals surface area contributed by atoms with Crippen molar-refractivity contribution in [2.45, 2.75) is 13.3 Å². The Labute approximate surface area is 112 Å². The van der Waals surface area contributed by atoms with E-state index < -0.39 is 0 Å². The molecule has 0 radical (unpaired) electrons. The lowest BCUT2D eigenvalue weighted by Gasteiger charge is -2.10. The van der Waals surface area contributed by atoms with Gasteiger partial charge in [0, 0.05) is 33.6 Å². The van der Waals surface area contributed by atoms with E-state index in [1.807, 2.05) is 6.92 Å². The lowest BCUT2D eigenvalue weighted by molar-refractivity contribution is -0.128. The number of nitrogens with zero attached hydrogens (tertiary/aromatic N) is 3. The van der Waals surface area contributed by atoms with Crippen molar-refractivity contribution in [2.24, 2.45) is 0 Å². The minimum absolute atomic E-state index is 0.0411. The van der Waals surface area contributed by atoms with Crippen molar-refractivity contribution in [1.29, 1.82) is 0 Å². The van der Waals surface area contributed by atoms with E-state index in [0.717, 1.165) is 0 Å². The molecule has 2 amide bonds. The first kappa shape index (κ1) is 14.9. The number of anilines is 1. The molecule has 1 aromatic heterocycles. The Kier molecular flexibility index (Phi) is 5.72. The third-order valence-corrected chi connectivity index (χ3v) is 2.38. The normalized spacial score (nSPS) is 9.84. The largest absolute Gasteiger partial charge is 0.368 e. The molecule has 0 atom stereocenters. The number of amides is 2. The van der Waals surface area contributed by atoms with Gasteiger partial charge in [0.1, 0.15) is 5.82 Å². The fraction of sp³-hybridized carbons (Fsp3) is 0.500. The monoisotopic (exact) mass is 265 g/mol. The van der Waals surface area contributed by atoms with Crippen molar-refractivity contribution < 1.29 is 9.59 Å². The summed E-state index contributed by atoms with van der Waals surface area (Å²) in [5.41, 5.74) is 0.275. The molecule has 0 bridgehead atoms. The molecule has 1 heterocycles. The van der Waals surface area contributed by atoms with Crippen LogP contribution in [0.2, 0.25) is 0 Å². The number of hydrogen-bond acceptors (Lipinski definition) is 5. The van der Waals surface area contributed by atoms with E-state index in [4.69, 9.17) is 0 Å². The molecule has 0 fully saturated rings. The average molecular weight is 265 g/mol. The number of aromatic nitrogens is 2. The summed E-state index contributed by atoms with van der Waals surface area (Å²) < 4.78 is 0. The fourth-order valence-electron chi connectivity index (χ4n) is 1.32. The van der Waals surface area contributed by atoms with Gasteiger partial charge in [0.15, 0.2) is 5.69 Å². The van der Waals surface area contributed by atoms with Gasteiger partial charge in [0.05, 0.1) is 0 Å². The molecule has 1 aromatic rings. The van der Waals surface area contributed by atoms with Crippen molar-refractivity contribution in [3.05, 3.63) is 17.8 Å². The smallest absolute Gasteiger partial charge is 0.271 e. The highest BCUT2D eigenvalue weighted by molar-refractivity contribution is 5.92. The van der Waals surface area contributed by atoms with Gasteiger partial charge in [-0.3, -0.25) is 9.59 Å². The van der Waals surface area contributed by atoms with Crippen LogP contribution in [0.1, 0.15) is 23.8 Å². The summed E-state index contributed by atoms with van der Waals surface area (Å²) in [5, 5.41) is 13.3. The Morgan fingerprint density at radius 1 is 1.26 bits per heavy atom. The van der Waals surface area contributed by atoms with Crippen LogP contribution in [0.5, 0.6) is 0 Å². The number of carbonyl (C=O) groups excluding carboxylic acids is 2. The van der Waals surface area contributed by atoms with Gasteiger partial charge in [-0.2, -0.15) is 0 Å². The second-order valence-corrected chi connectivity index (χ2v) is 4.13. The third kappa shape index (κ3) is 4.90. The predicted molar refractivity (Wildman–Crippen MR) is 71.8 cm³/mol. The molecular formula is C12H19N5O2. The molecule has 0 aliphatic carbocycles. The summed E-state index contributed by atoms with van der Waals surface area (Å²) in [6, 6.07) is 3.26. The SMILES string of the molecule is CCNC(=O)c1ccc(NCCC(=O)N(C)C)nn1. The topological polar surface area (TPSA) is 87.2 Å². The van der Waals surface area contributed by atoms with Crippen LogP contribution in [-0.2, 0) is 4.79 Å². The summed E-state index contributed by atoms with van der Waals surface area (Å²) in [4.78, 5) is 24.3. The summed E-state index contributed by atoms with van der Waals surface area (Å²) in [6.45, 7) is 2.86. The molecule has 0 aromatic carbocycles. The molecule has 7 heteroatoms. The van der Waals surface area contributed by atoms with Crippen molar-refractivity contribution in [3.8, 4) is 0 Å². The van der Waals surface area contributed by atoms with Gasteiger partial charge in [-0.15, -0.1) is 10.2 Å². The molecule has 0 aliphatic rings. The van der Waals surface area contributed by atoms with E-state index in [1.165, 1.54) is 4.90 Å². The van der Waals surface area contributed by atoms with E-state index in [1.54, 1.807) is 26.2 Å². The molecule has 1 rings (SSSR count). The predicted octanol–water partition coefficient (Wildman–Crippen LogP) is 0.117. The highest BCUT2D eigenvalue weighted by Gasteiger charge is 2.07. The minimum Gasteiger partial charge on any atom is -0.368 e. The zero-order chi connectivity index (χ0) is 14.3. The number of carbonyl (C=O) groups is 2. The summed E-state index contributed by atoms with van der Waals surface area (Å²) in [5.74, 6) is 0.336. The molecule has 0 spiro atoms. The van der Waals surface area contributed by atoms with Crippen LogP contribution in [0.15, 0.2) is 12.1 Å². The molecule has 0 saturated carbocycles. The first-order chi connectivity index (χ1) is 9.04. The van der Waals surface area contributed by atoms with Gasteiger partial charge >= 0.3 is 0 Å². The maximum Gasteiger partial charge on any atom is 0.271 e. The summed E-state index contributed by atoms with van der Waals surface area (Å²) in [7, 11) is 3.42. The Balaban J connectivity index is 2.44. The Morgan fingerprint density at radius 2 is 2.00 bits per heavy atom. The van der Waals surface area contributed by atoms with Crippen LogP contribution in [0.25, 0.3) is 0 Å². The van der Waals surface area contributed by atoms with Gasteiger partial charge in [0.2, 0.25) is 5.91 Å². The zero-order valence-corrected chi connectivity index (χ0v) is 11.4. The molecule has 19 heavy (non-hydrogen) atoms. The second-order valence-electron chi connectivity index (χ2n) is 4.13. The van der Waals surface area contributed by atoms with Crippen molar-refractivity contribution in [2.75, 3.05) is 32.5 Å². The minimum atomic E-state index is -0.246. The maximum atomic E-state index is 11.5. The van der Waals surface area contributed by atoms with Crippen LogP contribution in [0.4, 0.5) is 5.82 Å². The Morgan fingerprint density at radius 3 is 2.53 bits per heavy atom. The second kappa shape index (κ2) is 7.30. The van der Waals surface area contributed by atoms with E-state index in [2.05, 4.69) is 20.8 Å². The molecule has 104 valence electrons. The standard InChI is InChI=1S/C12H19N5O2/c1-4-13-12(19)9-5-6-10(16-15-9)14-8-7-11(18)17(2)3/h5-6H,4,7-8H2,1-3H3,(H,13,19)(H,14,16). The first-order valence-electron chi connectivity index (χ1n) is 6.10. The Hall–Kier alpha value is -2.18. The molecule has 0 unspecified atom stereocenters. The highest BCUT2D eigenvalue weighted by Crippen LogP contribution is 2.02.